The van der Waals surface area contributed by atoms with E-state index in [-0.39, 0.29) is 12.1 Å². The quantitative estimate of drug-likeness (QED) is 0.747. The van der Waals surface area contributed by atoms with Gasteiger partial charge in [0.25, 0.3) is 0 Å². The van der Waals surface area contributed by atoms with Crippen molar-refractivity contribution in [2.75, 3.05) is 7.11 Å². The molecule has 1 aliphatic carbocycles. The van der Waals surface area contributed by atoms with E-state index < -0.39 is 5.60 Å². The first-order chi connectivity index (χ1) is 10.9. The summed E-state index contributed by atoms with van der Waals surface area (Å²) in [6, 6.07) is 9.59. The zero-order chi connectivity index (χ0) is 17.0. The lowest BCUT2D eigenvalue weighted by atomic mass is 9.75. The van der Waals surface area contributed by atoms with Gasteiger partial charge in [0, 0.05) is 7.11 Å². The van der Waals surface area contributed by atoms with Crippen LogP contribution in [0.5, 0.6) is 0 Å². The molecule has 1 fully saturated rings. The summed E-state index contributed by atoms with van der Waals surface area (Å²) in [5.41, 5.74) is -0.221. The molecule has 3 heteroatoms. The first kappa shape index (κ1) is 18.0. The van der Waals surface area contributed by atoms with Gasteiger partial charge >= 0.3 is 5.97 Å². The van der Waals surface area contributed by atoms with Crippen molar-refractivity contribution in [2.45, 2.75) is 58.7 Å². The molecule has 0 bridgehead atoms. The van der Waals surface area contributed by atoms with Gasteiger partial charge in [-0.1, -0.05) is 57.5 Å². The number of carbonyl (C=O) groups is 1. The van der Waals surface area contributed by atoms with Crippen molar-refractivity contribution in [3.63, 3.8) is 0 Å². The molecule has 2 rings (SSSR count). The van der Waals surface area contributed by atoms with Crippen LogP contribution in [0.1, 0.15) is 52.5 Å². The maximum Gasteiger partial charge on any atom is 0.343 e. The average molecular weight is 318 g/mol. The van der Waals surface area contributed by atoms with Gasteiger partial charge in [-0.25, -0.2) is 4.79 Å². The molecule has 1 aromatic rings. The number of carbonyl (C=O) groups excluding carboxylic acids is 1. The van der Waals surface area contributed by atoms with E-state index in [1.54, 1.807) is 14.0 Å². The predicted molar refractivity (Wildman–Crippen MR) is 92.0 cm³/mol. The van der Waals surface area contributed by atoms with Gasteiger partial charge in [0.1, 0.15) is 6.10 Å². The zero-order valence-corrected chi connectivity index (χ0v) is 15.0. The maximum atomic E-state index is 12.9. The van der Waals surface area contributed by atoms with Crippen LogP contribution < -0.4 is 0 Å². The average Bonchev–Trinajstić information content (AvgIpc) is 2.54. The van der Waals surface area contributed by atoms with Crippen LogP contribution in [0.2, 0.25) is 0 Å². The number of hydrogen-bond acceptors (Lipinski definition) is 3. The summed E-state index contributed by atoms with van der Waals surface area (Å²) in [4.78, 5) is 12.9. The number of rotatable bonds is 5. The van der Waals surface area contributed by atoms with Gasteiger partial charge in [0.05, 0.1) is 0 Å². The van der Waals surface area contributed by atoms with E-state index in [0.29, 0.717) is 17.8 Å². The van der Waals surface area contributed by atoms with Gasteiger partial charge in [-0.3, -0.25) is 0 Å². The number of ether oxygens (including phenoxy) is 2. The molecule has 3 nitrogen and oxygen atoms in total. The van der Waals surface area contributed by atoms with Crippen molar-refractivity contribution in [2.24, 2.45) is 17.8 Å². The fourth-order valence-electron chi connectivity index (χ4n) is 3.58. The van der Waals surface area contributed by atoms with Crippen molar-refractivity contribution >= 4 is 5.97 Å². The Kier molecular flexibility index (Phi) is 5.85. The monoisotopic (exact) mass is 318 g/mol. The van der Waals surface area contributed by atoms with Crippen molar-refractivity contribution in [3.05, 3.63) is 35.9 Å². The Hall–Kier alpha value is -1.35. The second-order valence-electron chi connectivity index (χ2n) is 7.37. The number of hydrogen-bond donors (Lipinski definition) is 0. The molecule has 128 valence electrons. The molecule has 0 saturated heterocycles. The SMILES string of the molecule is COC(C)(C(=O)O[C@@H]1C[C@H](C)CC[C@H]1C(C)C)c1ccccc1. The Bertz CT molecular complexity index is 511. The first-order valence-corrected chi connectivity index (χ1v) is 8.70. The summed E-state index contributed by atoms with van der Waals surface area (Å²) < 4.78 is 11.6. The molecule has 0 aliphatic heterocycles. The van der Waals surface area contributed by atoms with Crippen molar-refractivity contribution in [1.82, 2.24) is 0 Å². The Labute approximate surface area is 140 Å². The highest BCUT2D eigenvalue weighted by molar-refractivity contribution is 5.81. The van der Waals surface area contributed by atoms with Crippen molar-refractivity contribution in [1.29, 1.82) is 0 Å². The molecule has 1 aromatic carbocycles. The number of methoxy groups -OCH3 is 1. The number of esters is 1. The van der Waals surface area contributed by atoms with Gasteiger partial charge in [0.2, 0.25) is 0 Å². The molecule has 1 unspecified atom stereocenters. The molecule has 0 spiro atoms. The molecule has 0 aromatic heterocycles. The third kappa shape index (κ3) is 3.95. The maximum absolute atomic E-state index is 12.9. The highest BCUT2D eigenvalue weighted by Gasteiger charge is 2.41. The highest BCUT2D eigenvalue weighted by Crippen LogP contribution is 2.37. The summed E-state index contributed by atoms with van der Waals surface area (Å²) in [5, 5.41) is 0. The third-order valence-electron chi connectivity index (χ3n) is 5.34. The fraction of sp³-hybridized carbons (Fsp3) is 0.650. The highest BCUT2D eigenvalue weighted by atomic mass is 16.6. The zero-order valence-electron chi connectivity index (χ0n) is 15.0. The fourth-order valence-corrected chi connectivity index (χ4v) is 3.58. The van der Waals surface area contributed by atoms with Crippen molar-refractivity contribution < 1.29 is 14.3 Å². The predicted octanol–water partition coefficient (Wildman–Crippen LogP) is 4.55. The van der Waals surface area contributed by atoms with Gasteiger partial charge < -0.3 is 9.47 Å². The van der Waals surface area contributed by atoms with E-state index in [1.807, 2.05) is 30.3 Å². The van der Waals surface area contributed by atoms with Crippen LogP contribution in [0.3, 0.4) is 0 Å². The number of benzene rings is 1. The molecule has 23 heavy (non-hydrogen) atoms. The van der Waals surface area contributed by atoms with Crippen LogP contribution in [0, 0.1) is 17.8 Å². The molecule has 0 heterocycles. The molecular weight excluding hydrogens is 288 g/mol. The van der Waals surface area contributed by atoms with Gasteiger partial charge in [0.15, 0.2) is 5.60 Å². The minimum Gasteiger partial charge on any atom is -0.460 e. The summed E-state index contributed by atoms with van der Waals surface area (Å²) >= 11 is 0. The van der Waals surface area contributed by atoms with Crippen LogP contribution in [0.4, 0.5) is 0 Å². The lowest BCUT2D eigenvalue weighted by molar-refractivity contribution is -0.180. The van der Waals surface area contributed by atoms with E-state index in [2.05, 4.69) is 20.8 Å². The molecule has 1 aliphatic rings. The van der Waals surface area contributed by atoms with Gasteiger partial charge in [-0.05, 0) is 43.1 Å². The van der Waals surface area contributed by atoms with E-state index in [4.69, 9.17) is 9.47 Å². The largest absolute Gasteiger partial charge is 0.460 e. The molecule has 4 atom stereocenters. The summed E-state index contributed by atoms with van der Waals surface area (Å²) in [5.74, 6) is 1.28. The summed E-state index contributed by atoms with van der Waals surface area (Å²) in [6.07, 6.45) is 3.29. The Morgan fingerprint density at radius 2 is 1.87 bits per heavy atom. The van der Waals surface area contributed by atoms with E-state index in [9.17, 15) is 4.79 Å². The Morgan fingerprint density at radius 1 is 1.22 bits per heavy atom. The Balaban J connectivity index is 2.17. The third-order valence-corrected chi connectivity index (χ3v) is 5.34. The van der Waals surface area contributed by atoms with Crippen LogP contribution >= 0.6 is 0 Å². The second kappa shape index (κ2) is 7.48. The topological polar surface area (TPSA) is 35.5 Å². The van der Waals surface area contributed by atoms with E-state index in [0.717, 1.165) is 18.4 Å². The lowest BCUT2D eigenvalue weighted by Crippen LogP contribution is -2.43. The summed E-state index contributed by atoms with van der Waals surface area (Å²) in [7, 11) is 1.57. The molecule has 1 saturated carbocycles. The molecular formula is C20H30O3. The smallest absolute Gasteiger partial charge is 0.343 e. The van der Waals surface area contributed by atoms with Gasteiger partial charge in [-0.2, -0.15) is 0 Å². The van der Waals surface area contributed by atoms with Crippen LogP contribution in [-0.2, 0) is 19.9 Å². The minimum atomic E-state index is -1.05. The van der Waals surface area contributed by atoms with Gasteiger partial charge in [-0.15, -0.1) is 0 Å². The Morgan fingerprint density at radius 3 is 2.43 bits per heavy atom. The van der Waals surface area contributed by atoms with Crippen LogP contribution in [0.25, 0.3) is 0 Å². The second-order valence-corrected chi connectivity index (χ2v) is 7.37. The first-order valence-electron chi connectivity index (χ1n) is 8.70. The molecule has 0 amide bonds. The van der Waals surface area contributed by atoms with E-state index in [1.165, 1.54) is 6.42 Å². The minimum absolute atomic E-state index is 0.00978. The molecule has 0 N–H and O–H groups in total. The standard InChI is InChI=1S/C20H30O3/c1-14(2)17-12-11-15(3)13-18(17)23-19(21)20(4,22-5)16-9-7-6-8-10-16/h6-10,14-15,17-18H,11-13H2,1-5H3/t15-,17+,18-,20?/m1/s1. The normalized spacial score (nSPS) is 27.5. The van der Waals surface area contributed by atoms with Crippen LogP contribution in [-0.4, -0.2) is 19.2 Å². The summed E-state index contributed by atoms with van der Waals surface area (Å²) in [6.45, 7) is 8.47. The van der Waals surface area contributed by atoms with Crippen molar-refractivity contribution in [3.8, 4) is 0 Å². The lowest BCUT2D eigenvalue weighted by Gasteiger charge is -2.38. The van der Waals surface area contributed by atoms with E-state index >= 15 is 0 Å². The molecule has 0 radical (unpaired) electrons. The van der Waals surface area contributed by atoms with Crippen LogP contribution in [0.15, 0.2) is 30.3 Å².